The number of fused-ring (bicyclic) bond motifs is 6. The molecule has 0 atom stereocenters. The van der Waals surface area contributed by atoms with E-state index in [2.05, 4.69) is 242 Å². The summed E-state index contributed by atoms with van der Waals surface area (Å²) in [6.07, 6.45) is 3.57. The van der Waals surface area contributed by atoms with Gasteiger partial charge in [0.1, 0.15) is 5.69 Å². The first kappa shape index (κ1) is 58.8. The second-order valence-corrected chi connectivity index (χ2v) is 24.7. The highest BCUT2D eigenvalue weighted by atomic mass is 14.9. The summed E-state index contributed by atoms with van der Waals surface area (Å²) in [4.78, 5) is 51.4. The molecule has 0 saturated carbocycles. The smallest absolute Gasteiger partial charge is 0.179 e. The largest absolute Gasteiger partial charge is 0.255 e. The van der Waals surface area contributed by atoms with Crippen LogP contribution in [-0.2, 0) is 0 Å². The molecule has 0 amide bonds. The van der Waals surface area contributed by atoms with Gasteiger partial charge in [-0.25, -0.2) is 39.9 Å². The van der Waals surface area contributed by atoms with Crippen LogP contribution in [0, 0.1) is 0 Å². The summed E-state index contributed by atoms with van der Waals surface area (Å²) in [5, 5.41) is 4.05. The number of aromatic nitrogens is 10. The van der Waals surface area contributed by atoms with Gasteiger partial charge in [-0.15, -0.1) is 0 Å². The van der Waals surface area contributed by atoms with E-state index >= 15 is 0 Å². The Kier molecular flexibility index (Phi) is 15.0. The van der Waals surface area contributed by atoms with E-state index in [0.29, 0.717) is 17.3 Å². The molecule has 0 radical (unpaired) electrons. The maximum Gasteiger partial charge on any atom is 0.179 e. The zero-order valence-electron chi connectivity index (χ0n) is 53.8. The third-order valence-corrected chi connectivity index (χ3v) is 18.4. The van der Waals surface area contributed by atoms with Crippen LogP contribution in [0.1, 0.15) is 0 Å². The molecule has 0 spiro atoms. The Morgan fingerprint density at radius 1 is 0.160 bits per heavy atom. The Morgan fingerprint density at radius 2 is 0.510 bits per heavy atom. The molecule has 10 heteroatoms. The molecular weight excluding hydrogens is 1220 g/mol. The van der Waals surface area contributed by atoms with Gasteiger partial charge in [0, 0.05) is 78.4 Å². The fourth-order valence-corrected chi connectivity index (χ4v) is 13.3. The van der Waals surface area contributed by atoms with Crippen molar-refractivity contribution in [1.29, 1.82) is 0 Å². The minimum absolute atomic E-state index is 0.569. The standard InChI is InChI=1S/C90H56N10/c1-5-18-60(19-6-1)75-48-44-66-42-47-72-74(54-80(62-22-9-3-10-23-62)95-87(72)85(66)93-75)59-34-40-68(41-35-59)89-97-83(56-84(100-89)77-28-13-15-50-91-77)70-27-17-26-69(52-70)57-30-36-64(37-31-57)76-49-45-67-43-46-71-73(53-79(61-20-7-2-8-21-61)96-88(71)86(67)94-76)58-32-38-65(39-33-58)82-55-81(63-24-11-4-12-25-63)98-90(99-82)78-29-14-16-51-92-78/h1-56H. The number of nitrogens with zero attached hydrogens (tertiary/aromatic N) is 10. The van der Waals surface area contributed by atoms with E-state index in [1.54, 1.807) is 12.4 Å². The minimum Gasteiger partial charge on any atom is -0.255 e. The van der Waals surface area contributed by atoms with Gasteiger partial charge in [0.2, 0.25) is 0 Å². The molecule has 10 nitrogen and oxygen atoms in total. The van der Waals surface area contributed by atoms with Crippen molar-refractivity contribution in [3.63, 3.8) is 0 Å². The van der Waals surface area contributed by atoms with Crippen molar-refractivity contribution in [3.8, 4) is 146 Å². The van der Waals surface area contributed by atoms with Crippen LogP contribution in [0.3, 0.4) is 0 Å². The SMILES string of the molecule is c1ccc(-c2cc(-c3ccc(-c4cc(-c5ccccc5)nc5c4ccc4ccc(-c6ccc(-c7cccc(-c8cc(-c9ccccn9)nc(-c9ccc(-c%10cc(-c%11ccccc%11)nc%11c%10ccc%10ccc(-c%12ccccc%12)nc%10%11)cc9)n8)c7)cc6)nc45)cc3)nc(-c3ccccn3)n2)cc1. The lowest BCUT2D eigenvalue weighted by atomic mass is 9.95. The van der Waals surface area contributed by atoms with Crippen LogP contribution in [0.5, 0.6) is 0 Å². The molecule has 0 unspecified atom stereocenters. The zero-order chi connectivity index (χ0) is 66.3. The van der Waals surface area contributed by atoms with Crippen LogP contribution < -0.4 is 0 Å². The van der Waals surface area contributed by atoms with E-state index in [4.69, 9.17) is 44.9 Å². The van der Waals surface area contributed by atoms with Crippen molar-refractivity contribution in [1.82, 2.24) is 49.8 Å². The first-order chi connectivity index (χ1) is 49.5. The van der Waals surface area contributed by atoms with Crippen LogP contribution >= 0.6 is 0 Å². The molecule has 0 aliphatic rings. The van der Waals surface area contributed by atoms with E-state index in [9.17, 15) is 0 Å². The number of pyridine rings is 6. The summed E-state index contributed by atoms with van der Waals surface area (Å²) in [6.45, 7) is 0. The van der Waals surface area contributed by atoms with Gasteiger partial charge < -0.3 is 0 Å². The Labute approximate surface area is 576 Å². The fraction of sp³-hybridized carbons (Fsp3) is 0. The second kappa shape index (κ2) is 25.5. The molecule has 18 rings (SSSR count). The maximum absolute atomic E-state index is 5.45. The van der Waals surface area contributed by atoms with E-state index in [1.165, 1.54) is 0 Å². The first-order valence-corrected chi connectivity index (χ1v) is 33.2. The van der Waals surface area contributed by atoms with Gasteiger partial charge >= 0.3 is 0 Å². The van der Waals surface area contributed by atoms with E-state index in [0.717, 1.165) is 173 Å². The highest BCUT2D eigenvalue weighted by molar-refractivity contribution is 6.11. The first-order valence-electron chi connectivity index (χ1n) is 33.2. The molecular formula is C90H56N10. The topological polar surface area (TPSA) is 129 Å². The lowest BCUT2D eigenvalue weighted by Gasteiger charge is -2.14. The van der Waals surface area contributed by atoms with Crippen molar-refractivity contribution in [2.75, 3.05) is 0 Å². The lowest BCUT2D eigenvalue weighted by molar-refractivity contribution is 1.15. The lowest BCUT2D eigenvalue weighted by Crippen LogP contribution is -1.97. The number of hydrogen-bond acceptors (Lipinski definition) is 10. The maximum atomic E-state index is 5.45. The van der Waals surface area contributed by atoms with Gasteiger partial charge in [0.05, 0.1) is 73.3 Å². The zero-order valence-corrected chi connectivity index (χ0v) is 53.8. The molecule has 466 valence electrons. The normalized spacial score (nSPS) is 11.4. The van der Waals surface area contributed by atoms with E-state index in [-0.39, 0.29) is 0 Å². The van der Waals surface area contributed by atoms with Gasteiger partial charge in [-0.05, 0) is 100 Å². The number of rotatable bonds is 13. The number of hydrogen-bond donors (Lipinski definition) is 0. The number of benzene rings is 10. The van der Waals surface area contributed by atoms with E-state index in [1.807, 2.05) is 91.0 Å². The van der Waals surface area contributed by atoms with Crippen molar-refractivity contribution in [3.05, 3.63) is 340 Å². The summed E-state index contributed by atoms with van der Waals surface area (Å²) >= 11 is 0. The Bertz CT molecular complexity index is 6030. The van der Waals surface area contributed by atoms with Crippen LogP contribution in [0.25, 0.3) is 190 Å². The van der Waals surface area contributed by atoms with Gasteiger partial charge in [0.25, 0.3) is 0 Å². The quantitative estimate of drug-likeness (QED) is 0.103. The van der Waals surface area contributed by atoms with Crippen LogP contribution in [0.4, 0.5) is 0 Å². The summed E-state index contributed by atoms with van der Waals surface area (Å²) in [5.74, 6) is 1.16. The van der Waals surface area contributed by atoms with Crippen LogP contribution in [0.2, 0.25) is 0 Å². The van der Waals surface area contributed by atoms with Crippen molar-refractivity contribution in [2.45, 2.75) is 0 Å². The Morgan fingerprint density at radius 3 is 1.01 bits per heavy atom. The predicted molar refractivity (Wildman–Crippen MR) is 405 cm³/mol. The van der Waals surface area contributed by atoms with Gasteiger partial charge in [-0.1, -0.05) is 261 Å². The average Bonchev–Trinajstić information content (AvgIpc) is 0.761. The van der Waals surface area contributed by atoms with Crippen molar-refractivity contribution >= 4 is 43.6 Å². The molecule has 0 N–H and O–H groups in total. The molecule has 0 bridgehead atoms. The summed E-state index contributed by atoms with van der Waals surface area (Å²) in [7, 11) is 0. The van der Waals surface area contributed by atoms with Crippen LogP contribution in [0.15, 0.2) is 340 Å². The van der Waals surface area contributed by atoms with Gasteiger partial charge in [-0.2, -0.15) is 0 Å². The molecule has 0 aliphatic heterocycles. The molecule has 100 heavy (non-hydrogen) atoms. The molecule has 8 heterocycles. The Hall–Kier alpha value is -13.7. The van der Waals surface area contributed by atoms with Gasteiger partial charge in [0.15, 0.2) is 11.6 Å². The highest BCUT2D eigenvalue weighted by Crippen LogP contribution is 2.41. The molecule has 0 aliphatic carbocycles. The van der Waals surface area contributed by atoms with Crippen molar-refractivity contribution in [2.24, 2.45) is 0 Å². The molecule has 8 aromatic heterocycles. The molecule has 10 aromatic carbocycles. The van der Waals surface area contributed by atoms with Crippen molar-refractivity contribution < 1.29 is 0 Å². The second-order valence-electron chi connectivity index (χ2n) is 24.7. The summed E-state index contributed by atoms with van der Waals surface area (Å²) in [6, 6.07) is 113. The predicted octanol–water partition coefficient (Wildman–Crippen LogP) is 21.9. The monoisotopic (exact) mass is 1280 g/mol. The minimum atomic E-state index is 0.569. The third kappa shape index (κ3) is 11.4. The molecule has 18 aromatic rings. The van der Waals surface area contributed by atoms with E-state index < -0.39 is 0 Å². The average molecular weight is 1280 g/mol. The van der Waals surface area contributed by atoms with Crippen LogP contribution in [-0.4, -0.2) is 49.8 Å². The fourth-order valence-electron chi connectivity index (χ4n) is 13.3. The highest BCUT2D eigenvalue weighted by Gasteiger charge is 2.20. The molecule has 0 saturated heterocycles. The third-order valence-electron chi connectivity index (χ3n) is 18.4. The Balaban J connectivity index is 0.667. The van der Waals surface area contributed by atoms with Gasteiger partial charge in [-0.3, -0.25) is 9.97 Å². The molecule has 0 fully saturated rings. The summed E-state index contributed by atoms with van der Waals surface area (Å²) < 4.78 is 0. The summed E-state index contributed by atoms with van der Waals surface area (Å²) in [5.41, 5.74) is 25.6.